The molecular weight excluding hydrogens is 390 g/mol. The first-order chi connectivity index (χ1) is 13.7. The zero-order chi connectivity index (χ0) is 21.1. The maximum Gasteiger partial charge on any atom is 0.369 e. The summed E-state index contributed by atoms with van der Waals surface area (Å²) in [5, 5.41) is 11.4. The number of aromatic nitrogens is 1. The molecular formula is C21H26N3O4S+. The molecule has 1 atom stereocenters. The number of rotatable bonds is 8. The van der Waals surface area contributed by atoms with E-state index in [9.17, 15) is 13.5 Å². The van der Waals surface area contributed by atoms with Crippen LogP contribution in [0.15, 0.2) is 60.7 Å². The molecule has 0 aliphatic rings. The van der Waals surface area contributed by atoms with E-state index in [0.29, 0.717) is 17.9 Å². The Kier molecular flexibility index (Phi) is 6.18. The van der Waals surface area contributed by atoms with Gasteiger partial charge in [0.2, 0.25) is 0 Å². The number of ether oxygens (including phenoxy) is 1. The Morgan fingerprint density at radius 3 is 2.59 bits per heavy atom. The maximum absolute atomic E-state index is 12.1. The highest BCUT2D eigenvalue weighted by Gasteiger charge is 2.28. The SMILES string of the molecule is C[N+](C)(C)S(=O)(=O)NCC(O)c1cccc(OCc2ccc3ccccc3n2)c1. The van der Waals surface area contributed by atoms with E-state index in [1.54, 1.807) is 45.4 Å². The molecule has 0 fully saturated rings. The number of pyridine rings is 1. The zero-order valence-corrected chi connectivity index (χ0v) is 17.6. The van der Waals surface area contributed by atoms with Gasteiger partial charge < -0.3 is 9.84 Å². The summed E-state index contributed by atoms with van der Waals surface area (Å²) in [5.41, 5.74) is 2.27. The first kappa shape index (κ1) is 21.2. The maximum atomic E-state index is 12.1. The summed E-state index contributed by atoms with van der Waals surface area (Å²) >= 11 is 0. The van der Waals surface area contributed by atoms with Crippen molar-refractivity contribution in [2.75, 3.05) is 27.7 Å². The van der Waals surface area contributed by atoms with E-state index >= 15 is 0 Å². The Bertz CT molecular complexity index is 1090. The van der Waals surface area contributed by atoms with Crippen molar-refractivity contribution < 1.29 is 22.1 Å². The molecule has 2 aromatic carbocycles. The predicted octanol–water partition coefficient (Wildman–Crippen LogP) is 2.39. The monoisotopic (exact) mass is 416 g/mol. The van der Waals surface area contributed by atoms with Crippen LogP contribution in [0.2, 0.25) is 0 Å². The van der Waals surface area contributed by atoms with E-state index in [4.69, 9.17) is 4.74 Å². The van der Waals surface area contributed by atoms with Crippen LogP contribution in [0.3, 0.4) is 0 Å². The molecule has 1 heterocycles. The normalized spacial score (nSPS) is 13.4. The highest BCUT2D eigenvalue weighted by Crippen LogP contribution is 2.21. The summed E-state index contributed by atoms with van der Waals surface area (Å²) in [4.78, 5) is 4.57. The van der Waals surface area contributed by atoms with Gasteiger partial charge in [0.15, 0.2) is 0 Å². The lowest BCUT2D eigenvalue weighted by atomic mass is 10.1. The standard InChI is InChI=1S/C21H26N3O4S/c1-24(2,3)29(26,27)22-14-21(25)17-8-6-9-19(13-17)28-15-18-12-11-16-7-4-5-10-20(16)23-18/h4-13,21-22,25H,14-15H2,1-3H3/q+1. The van der Waals surface area contributed by atoms with Crippen molar-refractivity contribution in [3.63, 3.8) is 0 Å². The minimum atomic E-state index is -3.59. The molecule has 1 unspecified atom stereocenters. The highest BCUT2D eigenvalue weighted by atomic mass is 32.2. The van der Waals surface area contributed by atoms with Crippen LogP contribution in [0, 0.1) is 0 Å². The van der Waals surface area contributed by atoms with Gasteiger partial charge in [-0.05, 0) is 29.8 Å². The second-order valence-electron chi connectivity index (χ2n) is 7.59. The lowest BCUT2D eigenvalue weighted by molar-refractivity contribution is -0.739. The molecule has 0 spiro atoms. The van der Waals surface area contributed by atoms with E-state index < -0.39 is 16.3 Å². The zero-order valence-electron chi connectivity index (χ0n) is 16.7. The van der Waals surface area contributed by atoms with Crippen molar-refractivity contribution in [3.05, 3.63) is 71.9 Å². The second-order valence-corrected chi connectivity index (χ2v) is 9.92. The number of nitrogens with one attached hydrogen (secondary N) is 1. The number of para-hydroxylation sites is 1. The number of fused-ring (bicyclic) bond motifs is 1. The highest BCUT2D eigenvalue weighted by molar-refractivity contribution is 7.83. The average molecular weight is 417 g/mol. The fourth-order valence-electron chi connectivity index (χ4n) is 2.65. The Balaban J connectivity index is 1.64. The van der Waals surface area contributed by atoms with Crippen molar-refractivity contribution in [2.45, 2.75) is 12.7 Å². The van der Waals surface area contributed by atoms with Crippen molar-refractivity contribution in [3.8, 4) is 5.75 Å². The summed E-state index contributed by atoms with van der Waals surface area (Å²) in [6.07, 6.45) is -0.987. The molecule has 3 rings (SSSR count). The Morgan fingerprint density at radius 2 is 1.83 bits per heavy atom. The molecule has 7 nitrogen and oxygen atoms in total. The van der Waals surface area contributed by atoms with Gasteiger partial charge in [-0.15, -0.1) is 0 Å². The van der Waals surface area contributed by atoms with Crippen LogP contribution in [0.1, 0.15) is 17.4 Å². The number of aliphatic hydroxyl groups excluding tert-OH is 1. The molecule has 0 saturated carbocycles. The molecule has 0 amide bonds. The van der Waals surface area contributed by atoms with Gasteiger partial charge in [-0.1, -0.05) is 36.4 Å². The van der Waals surface area contributed by atoms with E-state index in [0.717, 1.165) is 16.6 Å². The van der Waals surface area contributed by atoms with Gasteiger partial charge in [-0.2, -0.15) is 13.1 Å². The predicted molar refractivity (Wildman–Crippen MR) is 112 cm³/mol. The summed E-state index contributed by atoms with van der Waals surface area (Å²) in [6, 6.07) is 18.8. The molecule has 0 bridgehead atoms. The topological polar surface area (TPSA) is 88.5 Å². The van der Waals surface area contributed by atoms with Crippen LogP contribution in [0.5, 0.6) is 5.75 Å². The number of quaternary nitrogens is 1. The van der Waals surface area contributed by atoms with Crippen molar-refractivity contribution in [1.82, 2.24) is 9.71 Å². The average Bonchev–Trinajstić information content (AvgIpc) is 2.69. The van der Waals surface area contributed by atoms with Crippen LogP contribution >= 0.6 is 0 Å². The third-order valence-corrected chi connectivity index (χ3v) is 6.44. The molecule has 2 N–H and O–H groups in total. The van der Waals surface area contributed by atoms with Crippen molar-refractivity contribution >= 4 is 21.1 Å². The molecule has 0 radical (unpaired) electrons. The van der Waals surface area contributed by atoms with Gasteiger partial charge in [0.1, 0.15) is 12.4 Å². The molecule has 0 aliphatic heterocycles. The van der Waals surface area contributed by atoms with Gasteiger partial charge in [0.25, 0.3) is 0 Å². The van der Waals surface area contributed by atoms with Crippen LogP contribution in [-0.4, -0.2) is 50.1 Å². The Morgan fingerprint density at radius 1 is 1.07 bits per heavy atom. The molecule has 3 aromatic rings. The van der Waals surface area contributed by atoms with Gasteiger partial charge in [-0.3, -0.25) is 0 Å². The first-order valence-corrected chi connectivity index (χ1v) is 10.7. The van der Waals surface area contributed by atoms with Gasteiger partial charge in [0.05, 0.1) is 38.5 Å². The fraction of sp³-hybridized carbons (Fsp3) is 0.286. The van der Waals surface area contributed by atoms with E-state index in [-0.39, 0.29) is 10.4 Å². The largest absolute Gasteiger partial charge is 0.487 e. The lowest BCUT2D eigenvalue weighted by Gasteiger charge is -2.23. The Hall–Kier alpha value is -2.52. The van der Waals surface area contributed by atoms with Gasteiger partial charge in [-0.25, -0.2) is 8.87 Å². The minimum Gasteiger partial charge on any atom is -0.487 e. The third-order valence-electron chi connectivity index (χ3n) is 4.47. The molecule has 1 aromatic heterocycles. The quantitative estimate of drug-likeness (QED) is 0.551. The van der Waals surface area contributed by atoms with Gasteiger partial charge >= 0.3 is 10.2 Å². The number of benzene rings is 2. The minimum absolute atomic E-state index is 0.118. The fourth-order valence-corrected chi connectivity index (χ4v) is 3.41. The number of nitrogens with zero attached hydrogens (tertiary/aromatic N) is 2. The number of hydrogen-bond donors (Lipinski definition) is 2. The number of hydrogen-bond acceptors (Lipinski definition) is 5. The van der Waals surface area contributed by atoms with E-state index in [1.165, 1.54) is 0 Å². The summed E-state index contributed by atoms with van der Waals surface area (Å²) in [5.74, 6) is 0.575. The summed E-state index contributed by atoms with van der Waals surface area (Å²) < 4.78 is 32.2. The second kappa shape index (κ2) is 8.46. The Labute approximate surface area is 171 Å². The summed E-state index contributed by atoms with van der Waals surface area (Å²) in [7, 11) is 1.05. The molecule has 0 aliphatic carbocycles. The van der Waals surface area contributed by atoms with Gasteiger partial charge in [0, 0.05) is 11.9 Å². The molecule has 29 heavy (non-hydrogen) atoms. The number of aliphatic hydroxyl groups is 1. The lowest BCUT2D eigenvalue weighted by Crippen LogP contribution is -2.49. The van der Waals surface area contributed by atoms with Crippen LogP contribution in [0.25, 0.3) is 10.9 Å². The van der Waals surface area contributed by atoms with Crippen LogP contribution in [-0.2, 0) is 16.8 Å². The van der Waals surface area contributed by atoms with Crippen LogP contribution < -0.4 is 9.46 Å². The van der Waals surface area contributed by atoms with E-state index in [1.807, 2.05) is 36.4 Å². The molecule has 0 saturated heterocycles. The van der Waals surface area contributed by atoms with Crippen molar-refractivity contribution in [1.29, 1.82) is 0 Å². The first-order valence-electron chi connectivity index (χ1n) is 9.22. The summed E-state index contributed by atoms with van der Waals surface area (Å²) in [6.45, 7) is 0.173. The smallest absolute Gasteiger partial charge is 0.369 e. The molecule has 8 heteroatoms. The van der Waals surface area contributed by atoms with Crippen molar-refractivity contribution in [2.24, 2.45) is 0 Å². The van der Waals surface area contributed by atoms with Crippen LogP contribution in [0.4, 0.5) is 0 Å². The van der Waals surface area contributed by atoms with E-state index in [2.05, 4.69) is 9.71 Å². The third kappa shape index (κ3) is 5.30. The molecule has 154 valence electrons.